The van der Waals surface area contributed by atoms with E-state index in [0.29, 0.717) is 24.9 Å². The van der Waals surface area contributed by atoms with Gasteiger partial charge in [0.2, 0.25) is 5.91 Å². The van der Waals surface area contributed by atoms with Crippen LogP contribution in [0.2, 0.25) is 0 Å². The molecule has 0 aliphatic heterocycles. The third-order valence-electron chi connectivity index (χ3n) is 3.42. The lowest BCUT2D eigenvalue weighted by molar-refractivity contribution is -0.138. The predicted octanol–water partition coefficient (Wildman–Crippen LogP) is 1.81. The first-order chi connectivity index (χ1) is 8.16. The average Bonchev–Trinajstić information content (AvgIpc) is 2.97. The molecule has 2 aliphatic rings. The van der Waals surface area contributed by atoms with Crippen LogP contribution in [0.4, 0.5) is 0 Å². The van der Waals surface area contributed by atoms with E-state index in [0.717, 1.165) is 25.7 Å². The van der Waals surface area contributed by atoms with Crippen LogP contribution >= 0.6 is 0 Å². The molecule has 0 aromatic carbocycles. The van der Waals surface area contributed by atoms with Gasteiger partial charge in [0.1, 0.15) is 0 Å². The largest absolute Gasteiger partial charge is 0.481 e. The van der Waals surface area contributed by atoms with Gasteiger partial charge < -0.3 is 10.0 Å². The van der Waals surface area contributed by atoms with Gasteiger partial charge in [0.25, 0.3) is 0 Å². The van der Waals surface area contributed by atoms with Gasteiger partial charge in [0, 0.05) is 19.0 Å². The second kappa shape index (κ2) is 5.34. The molecule has 0 spiro atoms. The van der Waals surface area contributed by atoms with Gasteiger partial charge in [-0.25, -0.2) is 0 Å². The molecule has 1 N–H and O–H groups in total. The summed E-state index contributed by atoms with van der Waals surface area (Å²) in [6.07, 6.45) is 9.03. The van der Waals surface area contributed by atoms with Crippen LogP contribution < -0.4 is 0 Å². The predicted molar refractivity (Wildman–Crippen MR) is 63.5 cm³/mol. The van der Waals surface area contributed by atoms with Crippen molar-refractivity contribution in [3.63, 3.8) is 0 Å². The summed E-state index contributed by atoms with van der Waals surface area (Å²) < 4.78 is 0. The molecule has 2 rings (SSSR count). The molecule has 17 heavy (non-hydrogen) atoms. The highest BCUT2D eigenvalue weighted by Crippen LogP contribution is 2.29. The molecule has 0 bridgehead atoms. The van der Waals surface area contributed by atoms with Gasteiger partial charge in [-0.05, 0) is 31.6 Å². The lowest BCUT2D eigenvalue weighted by Gasteiger charge is -2.23. The van der Waals surface area contributed by atoms with Crippen LogP contribution in [0.3, 0.4) is 0 Å². The smallest absolute Gasteiger partial charge is 0.305 e. The van der Waals surface area contributed by atoms with E-state index in [1.54, 1.807) is 4.90 Å². The molecule has 1 saturated carbocycles. The highest BCUT2D eigenvalue weighted by molar-refractivity contribution is 5.78. The van der Waals surface area contributed by atoms with Crippen molar-refractivity contribution < 1.29 is 14.7 Å². The number of carbonyl (C=O) groups is 2. The number of hydrogen-bond acceptors (Lipinski definition) is 2. The second-order valence-electron chi connectivity index (χ2n) is 4.93. The van der Waals surface area contributed by atoms with E-state index in [9.17, 15) is 9.59 Å². The van der Waals surface area contributed by atoms with E-state index in [2.05, 4.69) is 12.2 Å². The van der Waals surface area contributed by atoms with Crippen LogP contribution in [0.25, 0.3) is 0 Å². The van der Waals surface area contributed by atoms with Crippen LogP contribution in [0.1, 0.15) is 38.5 Å². The minimum absolute atomic E-state index is 0.0583. The molecule has 1 atom stereocenters. The van der Waals surface area contributed by atoms with Crippen molar-refractivity contribution in [2.24, 2.45) is 5.92 Å². The Bertz CT molecular complexity index is 334. The summed E-state index contributed by atoms with van der Waals surface area (Å²) in [6.45, 7) is 0.370. The van der Waals surface area contributed by atoms with Gasteiger partial charge in [-0.15, -0.1) is 0 Å². The summed E-state index contributed by atoms with van der Waals surface area (Å²) in [7, 11) is 0. The van der Waals surface area contributed by atoms with Crippen molar-refractivity contribution >= 4 is 11.9 Å². The van der Waals surface area contributed by atoms with E-state index in [-0.39, 0.29) is 12.3 Å². The summed E-state index contributed by atoms with van der Waals surface area (Å²) in [5.41, 5.74) is 0. The third-order valence-corrected chi connectivity index (χ3v) is 3.42. The lowest BCUT2D eigenvalue weighted by Crippen LogP contribution is -2.35. The number of aliphatic carboxylic acids is 1. The molecule has 94 valence electrons. The quantitative estimate of drug-likeness (QED) is 0.717. The Labute approximate surface area is 101 Å². The van der Waals surface area contributed by atoms with Crippen molar-refractivity contribution in [3.05, 3.63) is 12.2 Å². The monoisotopic (exact) mass is 237 g/mol. The Morgan fingerprint density at radius 1 is 1.29 bits per heavy atom. The molecule has 0 aromatic rings. The Kier molecular flexibility index (Phi) is 3.82. The Balaban J connectivity index is 1.83. The molecule has 0 aromatic heterocycles. The summed E-state index contributed by atoms with van der Waals surface area (Å²) >= 11 is 0. The standard InChI is InChI=1S/C13H19NO3/c15-12(9-10-3-1-2-4-10)14(11-5-6-11)8-7-13(16)17/h1,3,10-11H,2,4-9H2,(H,16,17). The minimum Gasteiger partial charge on any atom is -0.481 e. The number of carboxylic acids is 1. The molecular formula is C13H19NO3. The Morgan fingerprint density at radius 2 is 2.06 bits per heavy atom. The fourth-order valence-electron chi connectivity index (χ4n) is 2.32. The molecule has 1 fully saturated rings. The minimum atomic E-state index is -0.829. The Hall–Kier alpha value is -1.32. The zero-order valence-electron chi connectivity index (χ0n) is 9.97. The van der Waals surface area contributed by atoms with E-state index in [1.165, 1.54) is 0 Å². The molecule has 1 amide bonds. The molecule has 1 unspecified atom stereocenters. The molecular weight excluding hydrogens is 218 g/mol. The normalized spacial score (nSPS) is 22.7. The second-order valence-corrected chi connectivity index (χ2v) is 4.93. The summed E-state index contributed by atoms with van der Waals surface area (Å²) in [5.74, 6) is -0.330. The first-order valence-electron chi connectivity index (χ1n) is 6.34. The molecule has 0 radical (unpaired) electrons. The average molecular weight is 237 g/mol. The van der Waals surface area contributed by atoms with Crippen LogP contribution in [0.5, 0.6) is 0 Å². The van der Waals surface area contributed by atoms with Gasteiger partial charge in [-0.1, -0.05) is 12.2 Å². The van der Waals surface area contributed by atoms with Gasteiger partial charge in [-0.2, -0.15) is 0 Å². The zero-order valence-corrected chi connectivity index (χ0v) is 9.97. The van der Waals surface area contributed by atoms with Gasteiger partial charge in [-0.3, -0.25) is 9.59 Å². The molecule has 0 saturated heterocycles. The van der Waals surface area contributed by atoms with E-state index < -0.39 is 5.97 Å². The topological polar surface area (TPSA) is 57.6 Å². The van der Waals surface area contributed by atoms with Gasteiger partial charge in [0.15, 0.2) is 0 Å². The molecule has 4 heteroatoms. The zero-order chi connectivity index (χ0) is 12.3. The van der Waals surface area contributed by atoms with Crippen molar-refractivity contribution in [2.75, 3.05) is 6.54 Å². The van der Waals surface area contributed by atoms with E-state index in [1.807, 2.05) is 0 Å². The van der Waals surface area contributed by atoms with Gasteiger partial charge in [0.05, 0.1) is 6.42 Å². The Morgan fingerprint density at radius 3 is 2.59 bits per heavy atom. The SMILES string of the molecule is O=C(O)CCN(C(=O)CC1C=CCC1)C1CC1. The fraction of sp³-hybridized carbons (Fsp3) is 0.692. The van der Waals surface area contributed by atoms with Crippen molar-refractivity contribution in [2.45, 2.75) is 44.6 Å². The number of carbonyl (C=O) groups excluding carboxylic acids is 1. The highest BCUT2D eigenvalue weighted by atomic mass is 16.4. The summed E-state index contributed by atoms with van der Waals surface area (Å²) in [6, 6.07) is 0.312. The van der Waals surface area contributed by atoms with Crippen LogP contribution in [-0.4, -0.2) is 34.5 Å². The number of hydrogen-bond donors (Lipinski definition) is 1. The van der Waals surface area contributed by atoms with Crippen molar-refractivity contribution in [3.8, 4) is 0 Å². The third kappa shape index (κ3) is 3.58. The van der Waals surface area contributed by atoms with Crippen molar-refractivity contribution in [1.29, 1.82) is 0 Å². The maximum atomic E-state index is 12.1. The number of carboxylic acid groups (broad SMARTS) is 1. The van der Waals surface area contributed by atoms with E-state index in [4.69, 9.17) is 5.11 Å². The van der Waals surface area contributed by atoms with Crippen LogP contribution in [0, 0.1) is 5.92 Å². The molecule has 0 heterocycles. The maximum Gasteiger partial charge on any atom is 0.305 e. The fourth-order valence-corrected chi connectivity index (χ4v) is 2.32. The number of nitrogens with zero attached hydrogens (tertiary/aromatic N) is 1. The van der Waals surface area contributed by atoms with Gasteiger partial charge >= 0.3 is 5.97 Å². The first kappa shape index (κ1) is 12.1. The van der Waals surface area contributed by atoms with Crippen LogP contribution in [-0.2, 0) is 9.59 Å². The molecule has 2 aliphatic carbocycles. The van der Waals surface area contributed by atoms with Crippen LogP contribution in [0.15, 0.2) is 12.2 Å². The number of rotatable bonds is 6. The van der Waals surface area contributed by atoms with Crippen molar-refractivity contribution in [1.82, 2.24) is 4.90 Å². The molecule has 4 nitrogen and oxygen atoms in total. The summed E-state index contributed by atoms with van der Waals surface area (Å²) in [5, 5.41) is 8.68. The van der Waals surface area contributed by atoms with E-state index >= 15 is 0 Å². The first-order valence-corrected chi connectivity index (χ1v) is 6.34. The maximum absolute atomic E-state index is 12.1. The number of allylic oxidation sites excluding steroid dienone is 2. The summed E-state index contributed by atoms with van der Waals surface area (Å²) in [4.78, 5) is 24.4. The number of amides is 1. The highest BCUT2D eigenvalue weighted by Gasteiger charge is 2.33. The lowest BCUT2D eigenvalue weighted by atomic mass is 10.0.